The predicted molar refractivity (Wildman–Crippen MR) is 135 cm³/mol. The predicted octanol–water partition coefficient (Wildman–Crippen LogP) is 5.19. The van der Waals surface area contributed by atoms with E-state index in [1.165, 1.54) is 11.1 Å². The van der Waals surface area contributed by atoms with E-state index < -0.39 is 12.1 Å². The Kier molecular flexibility index (Phi) is 9.29. The highest BCUT2D eigenvalue weighted by molar-refractivity contribution is 5.80. The van der Waals surface area contributed by atoms with E-state index in [2.05, 4.69) is 29.6 Å². The second kappa shape index (κ2) is 12.4. The highest BCUT2D eigenvalue weighted by Crippen LogP contribution is 2.44. The molecule has 2 aromatic rings. The molecule has 0 saturated heterocycles. The van der Waals surface area contributed by atoms with E-state index in [0.29, 0.717) is 19.4 Å². The van der Waals surface area contributed by atoms with Gasteiger partial charge in [-0.3, -0.25) is 9.59 Å². The zero-order valence-electron chi connectivity index (χ0n) is 20.8. The molecule has 0 bridgehead atoms. The summed E-state index contributed by atoms with van der Waals surface area (Å²) in [6.07, 6.45) is 1.51. The summed E-state index contributed by atoms with van der Waals surface area (Å²) in [5.74, 6) is -0.991. The molecule has 35 heavy (non-hydrogen) atoms. The highest BCUT2D eigenvalue weighted by atomic mass is 16.5. The van der Waals surface area contributed by atoms with Gasteiger partial charge in [0, 0.05) is 37.4 Å². The lowest BCUT2D eigenvalue weighted by Gasteiger charge is -2.29. The number of hydrogen-bond donors (Lipinski definition) is 2. The fraction of sp³-hybridized carbons (Fsp3) is 0.464. The minimum Gasteiger partial charge on any atom is -0.481 e. The number of carbonyl (C=O) groups excluding carboxylic acids is 2. The molecular formula is C28H36N2O5. The van der Waals surface area contributed by atoms with Crippen LogP contribution in [0.15, 0.2) is 48.5 Å². The molecule has 1 aliphatic carbocycles. The van der Waals surface area contributed by atoms with Crippen LogP contribution in [0.4, 0.5) is 4.79 Å². The molecule has 0 spiro atoms. The third kappa shape index (κ3) is 6.84. The number of carbonyl (C=O) groups is 3. The van der Waals surface area contributed by atoms with Gasteiger partial charge in [-0.05, 0) is 48.9 Å². The summed E-state index contributed by atoms with van der Waals surface area (Å²) in [5.41, 5.74) is 4.64. The first-order valence-corrected chi connectivity index (χ1v) is 12.4. The number of rotatable bonds is 12. The molecule has 188 valence electrons. The molecule has 7 heteroatoms. The molecule has 0 saturated carbocycles. The minimum absolute atomic E-state index is 0.0207. The van der Waals surface area contributed by atoms with Gasteiger partial charge < -0.3 is 20.1 Å². The molecule has 1 atom stereocenters. The lowest BCUT2D eigenvalue weighted by molar-refractivity contribution is -0.138. The van der Waals surface area contributed by atoms with Gasteiger partial charge in [0.25, 0.3) is 0 Å². The zero-order chi connectivity index (χ0) is 25.4. The van der Waals surface area contributed by atoms with Crippen molar-refractivity contribution in [2.45, 2.75) is 70.9 Å². The van der Waals surface area contributed by atoms with Crippen molar-refractivity contribution < 1.29 is 24.2 Å². The SMILES string of the molecule is CCC[C@@H](CC(=O)N(CCCC(=O)O)C(C)C)NC(=O)OCC1c2ccccc2-c2ccccc21. The van der Waals surface area contributed by atoms with Gasteiger partial charge in [0.2, 0.25) is 5.91 Å². The van der Waals surface area contributed by atoms with Crippen LogP contribution >= 0.6 is 0 Å². The molecule has 7 nitrogen and oxygen atoms in total. The summed E-state index contributed by atoms with van der Waals surface area (Å²) in [7, 11) is 0. The lowest BCUT2D eigenvalue weighted by atomic mass is 9.98. The van der Waals surface area contributed by atoms with E-state index in [1.807, 2.05) is 45.0 Å². The largest absolute Gasteiger partial charge is 0.481 e. The summed E-state index contributed by atoms with van der Waals surface area (Å²) < 4.78 is 5.66. The molecule has 0 radical (unpaired) electrons. The van der Waals surface area contributed by atoms with Crippen LogP contribution in [0.2, 0.25) is 0 Å². The second-order valence-corrected chi connectivity index (χ2v) is 9.34. The standard InChI is InChI=1S/C28H36N2O5/c1-4-10-20(17-26(31)30(19(2)3)16-9-15-27(32)33)29-28(34)35-18-25-23-13-7-5-11-21(23)22-12-6-8-14-24(22)25/h5-8,11-14,19-20,25H,4,9-10,15-18H2,1-3H3,(H,29,34)(H,32,33)/t20-/m0/s1. The van der Waals surface area contributed by atoms with Crippen LogP contribution in [-0.4, -0.2) is 53.2 Å². The van der Waals surface area contributed by atoms with E-state index in [-0.39, 0.29) is 43.4 Å². The van der Waals surface area contributed by atoms with Gasteiger partial charge in [-0.1, -0.05) is 61.9 Å². The van der Waals surface area contributed by atoms with Gasteiger partial charge in [0.05, 0.1) is 0 Å². The number of hydrogen-bond acceptors (Lipinski definition) is 4. The first-order chi connectivity index (χ1) is 16.8. The van der Waals surface area contributed by atoms with Crippen LogP contribution in [0.5, 0.6) is 0 Å². The molecule has 0 fully saturated rings. The number of carboxylic acids is 1. The van der Waals surface area contributed by atoms with Crippen LogP contribution in [0.1, 0.15) is 69.9 Å². The quantitative estimate of drug-likeness (QED) is 0.436. The van der Waals surface area contributed by atoms with E-state index in [9.17, 15) is 14.4 Å². The number of nitrogens with zero attached hydrogens (tertiary/aromatic N) is 1. The molecular weight excluding hydrogens is 444 g/mol. The maximum Gasteiger partial charge on any atom is 0.407 e. The summed E-state index contributed by atoms with van der Waals surface area (Å²) in [4.78, 5) is 38.2. The second-order valence-electron chi connectivity index (χ2n) is 9.34. The number of aliphatic carboxylic acids is 1. The molecule has 2 aromatic carbocycles. The number of fused-ring (bicyclic) bond motifs is 3. The van der Waals surface area contributed by atoms with Crippen molar-refractivity contribution in [3.63, 3.8) is 0 Å². The molecule has 0 heterocycles. The molecule has 1 aliphatic rings. The van der Waals surface area contributed by atoms with Crippen molar-refractivity contribution >= 4 is 18.0 Å². The van der Waals surface area contributed by atoms with Gasteiger partial charge in [0.1, 0.15) is 6.61 Å². The molecule has 3 rings (SSSR count). The Hall–Kier alpha value is -3.35. The summed E-state index contributed by atoms with van der Waals surface area (Å²) in [6, 6.07) is 16.0. The molecule has 2 N–H and O–H groups in total. The van der Waals surface area contributed by atoms with Crippen LogP contribution in [0, 0.1) is 0 Å². The highest BCUT2D eigenvalue weighted by Gasteiger charge is 2.29. The Balaban J connectivity index is 1.59. The normalized spacial score (nSPS) is 13.1. The van der Waals surface area contributed by atoms with E-state index >= 15 is 0 Å². The average Bonchev–Trinajstić information content (AvgIpc) is 3.14. The van der Waals surface area contributed by atoms with Crippen molar-refractivity contribution in [3.05, 3.63) is 59.7 Å². The molecule has 2 amide bonds. The van der Waals surface area contributed by atoms with Gasteiger partial charge in [-0.25, -0.2) is 4.79 Å². The van der Waals surface area contributed by atoms with Crippen LogP contribution < -0.4 is 5.32 Å². The molecule has 0 unspecified atom stereocenters. The Morgan fingerprint density at radius 2 is 1.63 bits per heavy atom. The summed E-state index contributed by atoms with van der Waals surface area (Å²) in [5, 5.41) is 11.8. The van der Waals surface area contributed by atoms with Crippen LogP contribution in [0.25, 0.3) is 11.1 Å². The van der Waals surface area contributed by atoms with Gasteiger partial charge in [0.15, 0.2) is 0 Å². The Bertz CT molecular complexity index is 990. The van der Waals surface area contributed by atoms with Crippen molar-refractivity contribution in [2.24, 2.45) is 0 Å². The van der Waals surface area contributed by atoms with Gasteiger partial charge >= 0.3 is 12.1 Å². The maximum atomic E-state index is 13.0. The van der Waals surface area contributed by atoms with Gasteiger partial charge in [-0.15, -0.1) is 0 Å². The minimum atomic E-state index is -0.873. The van der Waals surface area contributed by atoms with Crippen molar-refractivity contribution in [3.8, 4) is 11.1 Å². The maximum absolute atomic E-state index is 13.0. The lowest BCUT2D eigenvalue weighted by Crippen LogP contribution is -2.43. The monoisotopic (exact) mass is 480 g/mol. The van der Waals surface area contributed by atoms with Gasteiger partial charge in [-0.2, -0.15) is 0 Å². The van der Waals surface area contributed by atoms with E-state index in [4.69, 9.17) is 9.84 Å². The summed E-state index contributed by atoms with van der Waals surface area (Å²) >= 11 is 0. The molecule has 0 aliphatic heterocycles. The fourth-order valence-electron chi connectivity index (χ4n) is 4.78. The third-order valence-corrected chi connectivity index (χ3v) is 6.46. The third-order valence-electron chi connectivity index (χ3n) is 6.46. The first-order valence-electron chi connectivity index (χ1n) is 12.4. The smallest absolute Gasteiger partial charge is 0.407 e. The van der Waals surface area contributed by atoms with Crippen molar-refractivity contribution in [1.29, 1.82) is 0 Å². The van der Waals surface area contributed by atoms with E-state index in [1.54, 1.807) is 4.90 Å². The van der Waals surface area contributed by atoms with E-state index in [0.717, 1.165) is 17.5 Å². The number of alkyl carbamates (subject to hydrolysis) is 1. The number of nitrogens with one attached hydrogen (secondary N) is 1. The van der Waals surface area contributed by atoms with Crippen molar-refractivity contribution in [1.82, 2.24) is 10.2 Å². The number of benzene rings is 2. The Morgan fingerprint density at radius 3 is 2.17 bits per heavy atom. The fourth-order valence-corrected chi connectivity index (χ4v) is 4.78. The van der Waals surface area contributed by atoms with Crippen LogP contribution in [0.3, 0.4) is 0 Å². The topological polar surface area (TPSA) is 95.9 Å². The molecule has 0 aromatic heterocycles. The van der Waals surface area contributed by atoms with Crippen molar-refractivity contribution in [2.75, 3.05) is 13.2 Å². The first kappa shape index (κ1) is 26.3. The average molecular weight is 481 g/mol. The summed E-state index contributed by atoms with van der Waals surface area (Å²) in [6.45, 7) is 6.43. The zero-order valence-corrected chi connectivity index (χ0v) is 20.8. The number of carboxylic acid groups (broad SMARTS) is 1. The number of ether oxygens (including phenoxy) is 1. The van der Waals surface area contributed by atoms with Crippen LogP contribution in [-0.2, 0) is 14.3 Å². The Labute approximate surface area is 207 Å². The number of amides is 2. The Morgan fingerprint density at radius 1 is 1.03 bits per heavy atom.